The van der Waals surface area contributed by atoms with Crippen molar-refractivity contribution in [1.29, 1.82) is 0 Å². The summed E-state index contributed by atoms with van der Waals surface area (Å²) >= 11 is 0. The van der Waals surface area contributed by atoms with Gasteiger partial charge in [-0.05, 0) is 12.1 Å². The number of hydrogen-bond acceptors (Lipinski definition) is 5. The van der Waals surface area contributed by atoms with Crippen molar-refractivity contribution in [2.24, 2.45) is 0 Å². The van der Waals surface area contributed by atoms with Gasteiger partial charge in [0.2, 0.25) is 0 Å². The van der Waals surface area contributed by atoms with E-state index in [2.05, 4.69) is 5.32 Å². The molecular weight excluding hydrogens is 238 g/mol. The zero-order chi connectivity index (χ0) is 13.1. The normalized spacial score (nSPS) is 10.2. The smallest absolute Gasteiger partial charge is 0.287 e. The van der Waals surface area contributed by atoms with Gasteiger partial charge in [-0.3, -0.25) is 9.59 Å². The van der Waals surface area contributed by atoms with E-state index in [9.17, 15) is 19.5 Å². The summed E-state index contributed by atoms with van der Waals surface area (Å²) in [6, 6.07) is 7.48. The summed E-state index contributed by atoms with van der Waals surface area (Å²) in [5.74, 6) is -2.44. The minimum Gasteiger partial charge on any atom is -0.548 e. The zero-order valence-corrected chi connectivity index (χ0v) is 9.14. The topological polar surface area (TPSA) is 99.4 Å². The Morgan fingerprint density at radius 2 is 2.00 bits per heavy atom. The Bertz CT molecular complexity index is 673. The summed E-state index contributed by atoms with van der Waals surface area (Å²) in [6.45, 7) is -0.643. The molecule has 18 heavy (non-hydrogen) atoms. The molecule has 1 heterocycles. The molecule has 1 amide bonds. The predicted molar refractivity (Wildman–Crippen MR) is 59.8 cm³/mol. The highest BCUT2D eigenvalue weighted by molar-refractivity contribution is 5.94. The molecule has 0 aliphatic carbocycles. The van der Waals surface area contributed by atoms with E-state index in [1.54, 1.807) is 24.3 Å². The van der Waals surface area contributed by atoms with E-state index in [-0.39, 0.29) is 16.8 Å². The van der Waals surface area contributed by atoms with Gasteiger partial charge in [-0.25, -0.2) is 0 Å². The van der Waals surface area contributed by atoms with Crippen molar-refractivity contribution in [3.8, 4) is 0 Å². The first-order chi connectivity index (χ1) is 8.58. The number of aliphatic carboxylic acids is 1. The van der Waals surface area contributed by atoms with Gasteiger partial charge in [0.25, 0.3) is 5.91 Å². The van der Waals surface area contributed by atoms with Crippen LogP contribution in [0.4, 0.5) is 0 Å². The molecule has 0 saturated carbocycles. The Kier molecular flexibility index (Phi) is 3.09. The van der Waals surface area contributed by atoms with Crippen molar-refractivity contribution in [2.45, 2.75) is 0 Å². The third kappa shape index (κ3) is 2.37. The van der Waals surface area contributed by atoms with Gasteiger partial charge in [-0.15, -0.1) is 0 Å². The van der Waals surface area contributed by atoms with Crippen molar-refractivity contribution in [3.63, 3.8) is 0 Å². The van der Waals surface area contributed by atoms with E-state index >= 15 is 0 Å². The first-order valence-corrected chi connectivity index (χ1v) is 5.09. The number of carboxylic acids is 1. The molecule has 0 spiro atoms. The average molecular weight is 246 g/mol. The van der Waals surface area contributed by atoms with Crippen LogP contribution in [-0.4, -0.2) is 18.4 Å². The summed E-state index contributed by atoms with van der Waals surface area (Å²) < 4.78 is 5.21. The van der Waals surface area contributed by atoms with Gasteiger partial charge in [0.1, 0.15) is 5.58 Å². The van der Waals surface area contributed by atoms with Crippen LogP contribution in [0.15, 0.2) is 39.5 Å². The number of benzene rings is 1. The van der Waals surface area contributed by atoms with E-state index in [4.69, 9.17) is 4.42 Å². The first kappa shape index (κ1) is 11.8. The van der Waals surface area contributed by atoms with Crippen LogP contribution in [0.25, 0.3) is 11.0 Å². The Morgan fingerprint density at radius 1 is 1.28 bits per heavy atom. The minimum atomic E-state index is -1.42. The summed E-state index contributed by atoms with van der Waals surface area (Å²) in [5, 5.41) is 12.6. The zero-order valence-electron chi connectivity index (χ0n) is 9.14. The van der Waals surface area contributed by atoms with E-state index in [0.29, 0.717) is 5.39 Å². The highest BCUT2D eigenvalue weighted by Crippen LogP contribution is 2.11. The fraction of sp³-hybridized carbons (Fsp3) is 0.0833. The van der Waals surface area contributed by atoms with Gasteiger partial charge in [0.05, 0.1) is 17.9 Å². The molecular formula is C12H8NO5-. The number of carbonyl (C=O) groups excluding carboxylic acids is 2. The van der Waals surface area contributed by atoms with Gasteiger partial charge < -0.3 is 19.6 Å². The monoisotopic (exact) mass is 246 g/mol. The number of carbonyl (C=O) groups is 2. The molecule has 0 aliphatic heterocycles. The standard InChI is InChI=1S/C12H9NO5/c14-8-5-10(12(17)13-6-11(15)16)18-9-4-2-1-3-7(8)9/h1-5H,6H2,(H,13,17)(H,15,16)/p-1. The molecule has 0 saturated heterocycles. The molecule has 1 aromatic carbocycles. The Labute approximate surface area is 101 Å². The molecule has 0 bridgehead atoms. The van der Waals surface area contributed by atoms with Crippen LogP contribution in [0.5, 0.6) is 0 Å². The molecule has 92 valence electrons. The molecule has 2 rings (SSSR count). The summed E-state index contributed by atoms with van der Waals surface area (Å²) in [4.78, 5) is 33.4. The third-order valence-corrected chi connectivity index (χ3v) is 2.25. The van der Waals surface area contributed by atoms with Crippen LogP contribution in [-0.2, 0) is 4.79 Å². The maximum absolute atomic E-state index is 11.7. The van der Waals surface area contributed by atoms with Gasteiger partial charge in [-0.2, -0.15) is 0 Å². The van der Waals surface area contributed by atoms with Crippen molar-refractivity contribution < 1.29 is 19.1 Å². The van der Waals surface area contributed by atoms with Crippen LogP contribution in [0.2, 0.25) is 0 Å². The largest absolute Gasteiger partial charge is 0.548 e. The van der Waals surface area contributed by atoms with Gasteiger partial charge in [0, 0.05) is 6.07 Å². The van der Waals surface area contributed by atoms with Gasteiger partial charge >= 0.3 is 0 Å². The Morgan fingerprint density at radius 3 is 2.72 bits per heavy atom. The van der Waals surface area contributed by atoms with Crippen LogP contribution < -0.4 is 15.9 Å². The minimum absolute atomic E-state index is 0.236. The van der Waals surface area contributed by atoms with Crippen LogP contribution in [0.1, 0.15) is 10.6 Å². The number of rotatable bonds is 3. The molecule has 0 radical (unpaired) electrons. The molecule has 1 N–H and O–H groups in total. The summed E-state index contributed by atoms with van der Waals surface area (Å²) in [6.07, 6.45) is 0. The lowest BCUT2D eigenvalue weighted by atomic mass is 10.2. The molecule has 0 aliphatic rings. The van der Waals surface area contributed by atoms with E-state index in [1.807, 2.05) is 0 Å². The number of amides is 1. The van der Waals surface area contributed by atoms with Crippen LogP contribution >= 0.6 is 0 Å². The number of nitrogens with one attached hydrogen (secondary N) is 1. The molecule has 6 heteroatoms. The SMILES string of the molecule is O=C([O-])CNC(=O)c1cc(=O)c2ccccc2o1. The van der Waals surface area contributed by atoms with Crippen molar-refractivity contribution >= 4 is 22.8 Å². The fourth-order valence-corrected chi connectivity index (χ4v) is 1.46. The molecule has 0 fully saturated rings. The summed E-state index contributed by atoms with van der Waals surface area (Å²) in [7, 11) is 0. The fourth-order valence-electron chi connectivity index (χ4n) is 1.46. The lowest BCUT2D eigenvalue weighted by molar-refractivity contribution is -0.303. The highest BCUT2D eigenvalue weighted by Gasteiger charge is 2.11. The van der Waals surface area contributed by atoms with Crippen LogP contribution in [0, 0.1) is 0 Å². The maximum Gasteiger partial charge on any atom is 0.287 e. The van der Waals surface area contributed by atoms with Crippen LogP contribution in [0.3, 0.4) is 0 Å². The van der Waals surface area contributed by atoms with Gasteiger partial charge in [0.15, 0.2) is 11.2 Å². The lowest BCUT2D eigenvalue weighted by Crippen LogP contribution is -2.37. The van der Waals surface area contributed by atoms with E-state index in [1.165, 1.54) is 0 Å². The van der Waals surface area contributed by atoms with E-state index < -0.39 is 18.4 Å². The highest BCUT2D eigenvalue weighted by atomic mass is 16.4. The second-order valence-electron chi connectivity index (χ2n) is 3.53. The Balaban J connectivity index is 2.37. The van der Waals surface area contributed by atoms with E-state index in [0.717, 1.165) is 6.07 Å². The van der Waals surface area contributed by atoms with Gasteiger partial charge in [-0.1, -0.05) is 12.1 Å². The Hall–Kier alpha value is -2.63. The quantitative estimate of drug-likeness (QED) is 0.769. The number of hydrogen-bond donors (Lipinski definition) is 1. The van der Waals surface area contributed by atoms with Crippen molar-refractivity contribution in [2.75, 3.05) is 6.54 Å². The number of carboxylic acid groups (broad SMARTS) is 1. The second kappa shape index (κ2) is 4.70. The second-order valence-corrected chi connectivity index (χ2v) is 3.53. The lowest BCUT2D eigenvalue weighted by Gasteiger charge is -2.05. The molecule has 0 unspecified atom stereocenters. The number of para-hydroxylation sites is 1. The summed E-state index contributed by atoms with van der Waals surface area (Å²) in [5.41, 5.74) is -0.0981. The van der Waals surface area contributed by atoms with Crippen molar-refractivity contribution in [3.05, 3.63) is 46.3 Å². The average Bonchev–Trinajstić information content (AvgIpc) is 2.36. The first-order valence-electron chi connectivity index (χ1n) is 5.09. The maximum atomic E-state index is 11.7. The third-order valence-electron chi connectivity index (χ3n) is 2.25. The molecule has 2 aromatic rings. The predicted octanol–water partition coefficient (Wildman–Crippen LogP) is -0.727. The number of fused-ring (bicyclic) bond motifs is 1. The molecule has 1 aromatic heterocycles. The molecule has 0 atom stereocenters. The van der Waals surface area contributed by atoms with Crippen molar-refractivity contribution in [1.82, 2.24) is 5.32 Å². The molecule has 6 nitrogen and oxygen atoms in total.